The lowest BCUT2D eigenvalue weighted by Gasteiger charge is -2.29. The summed E-state index contributed by atoms with van der Waals surface area (Å²) in [5.41, 5.74) is 5.71. The van der Waals surface area contributed by atoms with Gasteiger partial charge in [-0.3, -0.25) is 4.99 Å². The Morgan fingerprint density at radius 1 is 1.14 bits per heavy atom. The van der Waals surface area contributed by atoms with Crippen LogP contribution in [0.25, 0.3) is 11.1 Å². The van der Waals surface area contributed by atoms with Crippen LogP contribution in [-0.2, 0) is 10.4 Å². The van der Waals surface area contributed by atoms with Crippen LogP contribution in [0.5, 0.6) is 0 Å². The quantitative estimate of drug-likeness (QED) is 0.378. The van der Waals surface area contributed by atoms with Gasteiger partial charge in [0.1, 0.15) is 4.88 Å². The number of anilines is 1. The van der Waals surface area contributed by atoms with Gasteiger partial charge in [0.25, 0.3) is 0 Å². The number of methoxy groups -OCH3 is 1. The molecule has 1 aliphatic heterocycles. The molecule has 1 N–H and O–H groups in total. The van der Waals surface area contributed by atoms with Crippen LogP contribution in [0.15, 0.2) is 69.9 Å². The number of carbonyl (C=O) groups is 1. The number of rotatable bonds is 6. The number of thioether (sulfide) groups is 2. The number of benzene rings is 2. The standard InChI is InChI=1S/C22H20N2O2S3/c1-26-20(25)19-12-18(21(27-2)29-19)24-22(13-28-14-23-22)17-10-8-16(9-11-17)15-6-4-3-5-7-15/h3-12,14,24H,13H2,1-2H3. The van der Waals surface area contributed by atoms with E-state index in [-0.39, 0.29) is 5.97 Å². The summed E-state index contributed by atoms with van der Waals surface area (Å²) in [6, 6.07) is 20.7. The highest BCUT2D eigenvalue weighted by atomic mass is 32.2. The molecule has 0 spiro atoms. The third-order valence-corrected chi connectivity index (χ3v) is 7.81. The highest BCUT2D eigenvalue weighted by molar-refractivity contribution is 8.12. The van der Waals surface area contributed by atoms with Gasteiger partial charge in [0.05, 0.1) is 22.6 Å². The molecular formula is C22H20N2O2S3. The van der Waals surface area contributed by atoms with Crippen LogP contribution in [-0.4, -0.2) is 30.6 Å². The van der Waals surface area contributed by atoms with Crippen LogP contribution in [0.1, 0.15) is 15.2 Å². The molecule has 0 aliphatic carbocycles. The summed E-state index contributed by atoms with van der Waals surface area (Å²) >= 11 is 4.72. The predicted octanol–water partition coefficient (Wildman–Crippen LogP) is 5.96. The number of hydrogen-bond acceptors (Lipinski definition) is 7. The molecule has 0 radical (unpaired) electrons. The van der Waals surface area contributed by atoms with Crippen molar-refractivity contribution in [2.24, 2.45) is 4.99 Å². The molecule has 148 valence electrons. The Balaban J connectivity index is 1.66. The smallest absolute Gasteiger partial charge is 0.348 e. The molecule has 2 heterocycles. The van der Waals surface area contributed by atoms with Gasteiger partial charge in [0.15, 0.2) is 5.66 Å². The molecule has 0 bridgehead atoms. The zero-order chi connectivity index (χ0) is 20.3. The van der Waals surface area contributed by atoms with Gasteiger partial charge in [-0.15, -0.1) is 34.9 Å². The summed E-state index contributed by atoms with van der Waals surface area (Å²) in [6.07, 6.45) is 2.01. The van der Waals surface area contributed by atoms with E-state index < -0.39 is 5.66 Å². The summed E-state index contributed by atoms with van der Waals surface area (Å²) in [5, 5.41) is 3.61. The number of hydrogen-bond donors (Lipinski definition) is 1. The topological polar surface area (TPSA) is 50.7 Å². The van der Waals surface area contributed by atoms with E-state index in [0.717, 1.165) is 21.2 Å². The van der Waals surface area contributed by atoms with Crippen molar-refractivity contribution < 1.29 is 9.53 Å². The Kier molecular flexibility index (Phi) is 5.99. The number of ether oxygens (including phenoxy) is 1. The first-order valence-electron chi connectivity index (χ1n) is 9.01. The Morgan fingerprint density at radius 3 is 2.48 bits per heavy atom. The Labute approximate surface area is 182 Å². The average Bonchev–Trinajstić information content (AvgIpc) is 3.42. The maximum Gasteiger partial charge on any atom is 0.348 e. The first-order chi connectivity index (χ1) is 14.1. The van der Waals surface area contributed by atoms with Gasteiger partial charge in [0.2, 0.25) is 0 Å². The summed E-state index contributed by atoms with van der Waals surface area (Å²) < 4.78 is 5.92. The molecule has 4 nitrogen and oxygen atoms in total. The number of aliphatic imine (C=N–C) groups is 1. The minimum Gasteiger partial charge on any atom is -0.465 e. The number of nitrogens with zero attached hydrogens (tertiary/aromatic N) is 1. The second-order valence-electron chi connectivity index (χ2n) is 6.48. The van der Waals surface area contributed by atoms with Crippen molar-refractivity contribution in [1.29, 1.82) is 0 Å². The highest BCUT2D eigenvalue weighted by Crippen LogP contribution is 2.42. The van der Waals surface area contributed by atoms with Crippen molar-refractivity contribution >= 4 is 52.1 Å². The largest absolute Gasteiger partial charge is 0.465 e. The van der Waals surface area contributed by atoms with E-state index >= 15 is 0 Å². The first-order valence-corrected chi connectivity index (χ1v) is 12.1. The molecule has 0 fully saturated rings. The Bertz CT molecular complexity index is 1030. The lowest BCUT2D eigenvalue weighted by molar-refractivity contribution is 0.0606. The third-order valence-electron chi connectivity index (χ3n) is 4.72. The molecule has 29 heavy (non-hydrogen) atoms. The first kappa shape index (κ1) is 20.1. The van der Waals surface area contributed by atoms with Gasteiger partial charge < -0.3 is 10.1 Å². The zero-order valence-electron chi connectivity index (χ0n) is 16.0. The van der Waals surface area contributed by atoms with Crippen molar-refractivity contribution in [3.63, 3.8) is 0 Å². The highest BCUT2D eigenvalue weighted by Gasteiger charge is 2.35. The van der Waals surface area contributed by atoms with Gasteiger partial charge in [-0.2, -0.15) is 0 Å². The molecule has 2 aromatic carbocycles. The van der Waals surface area contributed by atoms with Crippen LogP contribution in [0.2, 0.25) is 0 Å². The van der Waals surface area contributed by atoms with Crippen LogP contribution in [0.3, 0.4) is 0 Å². The fraction of sp³-hybridized carbons (Fsp3) is 0.182. The van der Waals surface area contributed by atoms with E-state index in [9.17, 15) is 4.79 Å². The minimum absolute atomic E-state index is 0.316. The van der Waals surface area contributed by atoms with E-state index in [4.69, 9.17) is 9.73 Å². The number of carbonyl (C=O) groups excluding carboxylic acids is 1. The summed E-state index contributed by atoms with van der Waals surface area (Å²) in [7, 11) is 1.40. The summed E-state index contributed by atoms with van der Waals surface area (Å²) in [4.78, 5) is 17.3. The summed E-state index contributed by atoms with van der Waals surface area (Å²) in [5.74, 6) is 0.471. The molecular weight excluding hydrogens is 420 g/mol. The molecule has 0 saturated heterocycles. The van der Waals surface area contributed by atoms with Gasteiger partial charge in [0, 0.05) is 11.3 Å². The van der Waals surface area contributed by atoms with Crippen molar-refractivity contribution in [3.8, 4) is 11.1 Å². The number of thiophene rings is 1. The van der Waals surface area contributed by atoms with Gasteiger partial charge in [-0.25, -0.2) is 4.79 Å². The number of nitrogens with one attached hydrogen (secondary N) is 1. The van der Waals surface area contributed by atoms with E-state index in [1.54, 1.807) is 23.5 Å². The van der Waals surface area contributed by atoms with Crippen molar-refractivity contribution in [1.82, 2.24) is 0 Å². The van der Waals surface area contributed by atoms with E-state index in [2.05, 4.69) is 41.7 Å². The molecule has 1 aromatic heterocycles. The lowest BCUT2D eigenvalue weighted by Crippen LogP contribution is -2.33. The summed E-state index contributed by atoms with van der Waals surface area (Å²) in [6.45, 7) is 0. The Morgan fingerprint density at radius 2 is 1.86 bits per heavy atom. The van der Waals surface area contributed by atoms with Crippen molar-refractivity contribution in [2.75, 3.05) is 24.4 Å². The fourth-order valence-corrected chi connectivity index (χ4v) is 5.81. The maximum atomic E-state index is 12.0. The monoisotopic (exact) mass is 440 g/mol. The zero-order valence-corrected chi connectivity index (χ0v) is 18.5. The SMILES string of the molecule is COC(=O)c1cc(NC2(c3ccc(-c4ccccc4)cc3)CSC=N2)c(SC)s1. The molecule has 0 amide bonds. The molecule has 7 heteroatoms. The van der Waals surface area contributed by atoms with E-state index in [1.165, 1.54) is 29.6 Å². The van der Waals surface area contributed by atoms with Crippen LogP contribution in [0, 0.1) is 0 Å². The molecule has 1 unspecified atom stereocenters. The molecule has 1 aliphatic rings. The molecule has 3 aromatic rings. The second-order valence-corrected chi connectivity index (χ2v) is 9.44. The van der Waals surface area contributed by atoms with E-state index in [1.807, 2.05) is 36.1 Å². The average molecular weight is 441 g/mol. The van der Waals surface area contributed by atoms with Crippen LogP contribution >= 0.6 is 34.9 Å². The number of esters is 1. The van der Waals surface area contributed by atoms with Gasteiger partial charge >= 0.3 is 5.97 Å². The fourth-order valence-electron chi connectivity index (χ4n) is 3.23. The van der Waals surface area contributed by atoms with Gasteiger partial charge in [-0.05, 0) is 23.4 Å². The molecule has 1 atom stereocenters. The maximum absolute atomic E-state index is 12.0. The van der Waals surface area contributed by atoms with Crippen LogP contribution in [0.4, 0.5) is 5.69 Å². The van der Waals surface area contributed by atoms with Crippen molar-refractivity contribution in [3.05, 3.63) is 71.1 Å². The molecule has 4 rings (SSSR count). The van der Waals surface area contributed by atoms with Gasteiger partial charge in [-0.1, -0.05) is 54.6 Å². The van der Waals surface area contributed by atoms with Crippen molar-refractivity contribution in [2.45, 2.75) is 9.87 Å². The minimum atomic E-state index is -0.557. The lowest BCUT2D eigenvalue weighted by atomic mass is 9.97. The van der Waals surface area contributed by atoms with Crippen LogP contribution < -0.4 is 5.32 Å². The predicted molar refractivity (Wildman–Crippen MR) is 126 cm³/mol. The third kappa shape index (κ3) is 4.08. The van der Waals surface area contributed by atoms with E-state index in [0.29, 0.717) is 4.88 Å². The second kappa shape index (κ2) is 8.65. The normalized spacial score (nSPS) is 18.0. The molecule has 0 saturated carbocycles. The Hall–Kier alpha value is -2.22.